The van der Waals surface area contributed by atoms with Crippen LogP contribution in [-0.2, 0) is 21.2 Å². The number of nitrogens with one attached hydrogen (secondary N) is 2. The first kappa shape index (κ1) is 27.6. The van der Waals surface area contributed by atoms with Crippen LogP contribution in [0.25, 0.3) is 0 Å². The zero-order chi connectivity index (χ0) is 27.8. The highest BCUT2D eigenvalue weighted by atomic mass is 32.2. The van der Waals surface area contributed by atoms with Crippen molar-refractivity contribution < 1.29 is 27.2 Å². The number of carbonyl (C=O) groups is 1. The highest BCUT2D eigenvalue weighted by Crippen LogP contribution is 2.22. The number of amides is 1. The Kier molecular flexibility index (Phi) is 8.82. The molecular formula is C28H30N4O6S. The molecule has 0 aliphatic rings. The molecule has 1 heterocycles. The van der Waals surface area contributed by atoms with Gasteiger partial charge in [-0.2, -0.15) is 4.98 Å². The van der Waals surface area contributed by atoms with E-state index in [-0.39, 0.29) is 23.3 Å². The minimum absolute atomic E-state index is 0.0644. The summed E-state index contributed by atoms with van der Waals surface area (Å²) in [6, 6.07) is 19.8. The summed E-state index contributed by atoms with van der Waals surface area (Å²) in [6.45, 7) is 6.14. The number of nitrogens with zero attached hydrogens (tertiary/aromatic N) is 2. The largest absolute Gasteiger partial charge is 0.494 e. The lowest BCUT2D eigenvalue weighted by Gasteiger charge is -2.11. The molecule has 3 aromatic carbocycles. The molecule has 10 nitrogen and oxygen atoms in total. The monoisotopic (exact) mass is 550 g/mol. The second kappa shape index (κ2) is 12.4. The van der Waals surface area contributed by atoms with E-state index in [1.807, 2.05) is 32.9 Å². The van der Waals surface area contributed by atoms with Gasteiger partial charge in [-0.15, -0.1) is 0 Å². The van der Waals surface area contributed by atoms with Crippen LogP contribution >= 0.6 is 0 Å². The van der Waals surface area contributed by atoms with Crippen molar-refractivity contribution in [3.63, 3.8) is 0 Å². The van der Waals surface area contributed by atoms with Crippen molar-refractivity contribution in [1.29, 1.82) is 0 Å². The van der Waals surface area contributed by atoms with E-state index in [0.29, 0.717) is 47.6 Å². The Morgan fingerprint density at radius 2 is 1.51 bits per heavy atom. The average Bonchev–Trinajstić information content (AvgIpc) is 3.39. The molecule has 4 rings (SSSR count). The number of carbonyl (C=O) groups excluding carboxylic acids is 1. The number of rotatable bonds is 12. The van der Waals surface area contributed by atoms with Gasteiger partial charge in [0.25, 0.3) is 15.9 Å². The van der Waals surface area contributed by atoms with Gasteiger partial charge in [-0.3, -0.25) is 9.52 Å². The molecular weight excluding hydrogens is 520 g/mol. The first-order valence-electron chi connectivity index (χ1n) is 12.4. The molecule has 1 amide bonds. The quantitative estimate of drug-likeness (QED) is 0.252. The van der Waals surface area contributed by atoms with Crippen LogP contribution in [0.15, 0.2) is 82.2 Å². The second-order valence-corrected chi connectivity index (χ2v) is 10.6. The molecule has 0 saturated heterocycles. The predicted molar refractivity (Wildman–Crippen MR) is 147 cm³/mol. The van der Waals surface area contributed by atoms with Crippen molar-refractivity contribution in [2.45, 2.75) is 38.0 Å². The minimum Gasteiger partial charge on any atom is -0.494 e. The van der Waals surface area contributed by atoms with Gasteiger partial charge in [0.1, 0.15) is 11.5 Å². The van der Waals surface area contributed by atoms with Gasteiger partial charge in [-0.05, 0) is 73.2 Å². The lowest BCUT2D eigenvalue weighted by atomic mass is 10.1. The predicted octanol–water partition coefficient (Wildman–Crippen LogP) is 5.00. The number of anilines is 2. The Bertz CT molecular complexity index is 1480. The van der Waals surface area contributed by atoms with Gasteiger partial charge in [0.2, 0.25) is 5.89 Å². The molecule has 0 unspecified atom stereocenters. The van der Waals surface area contributed by atoms with Crippen molar-refractivity contribution in [3.05, 3.63) is 90.1 Å². The summed E-state index contributed by atoms with van der Waals surface area (Å²) in [6.07, 6.45) is 0.523. The molecule has 0 spiro atoms. The van der Waals surface area contributed by atoms with Crippen LogP contribution in [0.2, 0.25) is 0 Å². The Hall–Kier alpha value is -4.38. The number of hydrogen-bond donors (Lipinski definition) is 2. The SMILES string of the molecule is CCOc1ccc(NS(=O)(=O)c2ccc(OCC(=O)Nc3ccc(Cc4noc(C(C)C)n4)cc3)cc2)cc1. The molecule has 0 atom stereocenters. The lowest BCUT2D eigenvalue weighted by molar-refractivity contribution is -0.118. The maximum Gasteiger partial charge on any atom is 0.262 e. The number of ether oxygens (including phenoxy) is 2. The van der Waals surface area contributed by atoms with Crippen molar-refractivity contribution >= 4 is 27.3 Å². The summed E-state index contributed by atoms with van der Waals surface area (Å²) in [7, 11) is -3.79. The second-order valence-electron chi connectivity index (χ2n) is 8.95. The number of sulfonamides is 1. The highest BCUT2D eigenvalue weighted by molar-refractivity contribution is 7.92. The summed E-state index contributed by atoms with van der Waals surface area (Å²) >= 11 is 0. The molecule has 0 aliphatic carbocycles. The zero-order valence-electron chi connectivity index (χ0n) is 21.9. The molecule has 2 N–H and O–H groups in total. The maximum absolute atomic E-state index is 12.7. The first-order chi connectivity index (χ1) is 18.7. The normalized spacial score (nSPS) is 11.3. The number of aromatic nitrogens is 2. The van der Waals surface area contributed by atoms with Gasteiger partial charge in [0.15, 0.2) is 12.4 Å². The third-order valence-corrected chi connectivity index (χ3v) is 6.90. The Labute approximate surface area is 227 Å². The fraction of sp³-hybridized carbons (Fsp3) is 0.250. The van der Waals surface area contributed by atoms with E-state index in [1.54, 1.807) is 36.4 Å². The summed E-state index contributed by atoms with van der Waals surface area (Å²) in [5.74, 6) is 2.05. The van der Waals surface area contributed by atoms with Gasteiger partial charge >= 0.3 is 0 Å². The van der Waals surface area contributed by atoms with Crippen molar-refractivity contribution in [3.8, 4) is 11.5 Å². The fourth-order valence-electron chi connectivity index (χ4n) is 3.52. The van der Waals surface area contributed by atoms with Crippen molar-refractivity contribution in [2.75, 3.05) is 23.3 Å². The van der Waals surface area contributed by atoms with Crippen LogP contribution in [0.4, 0.5) is 11.4 Å². The summed E-state index contributed by atoms with van der Waals surface area (Å²) in [5.41, 5.74) is 2.01. The summed E-state index contributed by atoms with van der Waals surface area (Å²) in [4.78, 5) is 16.8. The Balaban J connectivity index is 1.26. The molecule has 1 aromatic heterocycles. The third kappa shape index (κ3) is 7.81. The molecule has 0 aliphatic heterocycles. The van der Waals surface area contributed by atoms with E-state index in [0.717, 1.165) is 5.56 Å². The molecule has 0 saturated carbocycles. The molecule has 0 radical (unpaired) electrons. The zero-order valence-corrected chi connectivity index (χ0v) is 22.7. The number of benzene rings is 3. The first-order valence-corrected chi connectivity index (χ1v) is 13.9. The Morgan fingerprint density at radius 1 is 0.897 bits per heavy atom. The van der Waals surface area contributed by atoms with Gasteiger partial charge in [0, 0.05) is 23.7 Å². The van der Waals surface area contributed by atoms with Gasteiger partial charge in [0.05, 0.1) is 11.5 Å². The van der Waals surface area contributed by atoms with Crippen molar-refractivity contribution in [2.24, 2.45) is 0 Å². The minimum atomic E-state index is -3.79. The van der Waals surface area contributed by atoms with Gasteiger partial charge in [-0.25, -0.2) is 8.42 Å². The van der Waals surface area contributed by atoms with Crippen molar-refractivity contribution in [1.82, 2.24) is 10.1 Å². The topological polar surface area (TPSA) is 133 Å². The lowest BCUT2D eigenvalue weighted by Crippen LogP contribution is -2.20. The molecule has 39 heavy (non-hydrogen) atoms. The molecule has 0 fully saturated rings. The van der Waals surface area contributed by atoms with E-state index in [9.17, 15) is 13.2 Å². The van der Waals surface area contributed by atoms with E-state index in [2.05, 4.69) is 20.2 Å². The van der Waals surface area contributed by atoms with E-state index in [4.69, 9.17) is 14.0 Å². The third-order valence-electron chi connectivity index (χ3n) is 5.50. The molecule has 11 heteroatoms. The van der Waals surface area contributed by atoms with Crippen LogP contribution in [-0.4, -0.2) is 37.7 Å². The fourth-order valence-corrected chi connectivity index (χ4v) is 4.58. The van der Waals surface area contributed by atoms with Gasteiger partial charge in [-0.1, -0.05) is 31.1 Å². The van der Waals surface area contributed by atoms with Crippen LogP contribution < -0.4 is 19.5 Å². The van der Waals surface area contributed by atoms with Crippen LogP contribution in [0.5, 0.6) is 11.5 Å². The van der Waals surface area contributed by atoms with Crippen LogP contribution in [0.1, 0.15) is 44.0 Å². The van der Waals surface area contributed by atoms with Gasteiger partial charge < -0.3 is 19.3 Å². The average molecular weight is 551 g/mol. The molecule has 204 valence electrons. The van der Waals surface area contributed by atoms with E-state index < -0.39 is 10.0 Å². The smallest absolute Gasteiger partial charge is 0.262 e. The summed E-state index contributed by atoms with van der Waals surface area (Å²) < 4.78 is 44.0. The highest BCUT2D eigenvalue weighted by Gasteiger charge is 2.15. The summed E-state index contributed by atoms with van der Waals surface area (Å²) in [5, 5.41) is 6.76. The maximum atomic E-state index is 12.7. The standard InChI is InChI=1S/C28H30N4O6S/c1-4-36-23-11-9-22(10-12-23)32-39(34,35)25-15-13-24(14-16-25)37-18-27(33)29-21-7-5-20(6-8-21)17-26-30-28(19(2)3)38-31-26/h5-16,19,32H,4,17-18H2,1-3H3,(H,29,33). The Morgan fingerprint density at radius 3 is 2.13 bits per heavy atom. The number of hydrogen-bond acceptors (Lipinski definition) is 8. The van der Waals surface area contributed by atoms with Crippen LogP contribution in [0.3, 0.4) is 0 Å². The van der Waals surface area contributed by atoms with E-state index in [1.165, 1.54) is 24.3 Å². The van der Waals surface area contributed by atoms with Crippen LogP contribution in [0, 0.1) is 0 Å². The molecule has 4 aromatic rings. The van der Waals surface area contributed by atoms with E-state index >= 15 is 0 Å². The molecule has 0 bridgehead atoms.